The summed E-state index contributed by atoms with van der Waals surface area (Å²) >= 11 is 7.96. The highest BCUT2D eigenvalue weighted by atomic mass is 127. The van der Waals surface area contributed by atoms with Gasteiger partial charge in [-0.05, 0) is 52.4 Å². The molecule has 1 amide bonds. The van der Waals surface area contributed by atoms with Crippen LogP contribution in [0.5, 0.6) is 5.75 Å². The molecular weight excluding hydrogens is 427 g/mol. The molecule has 0 spiro atoms. The summed E-state index contributed by atoms with van der Waals surface area (Å²) < 4.78 is 6.25. The van der Waals surface area contributed by atoms with Crippen molar-refractivity contribution in [3.05, 3.63) is 68.8 Å². The third-order valence-corrected chi connectivity index (χ3v) is 3.77. The van der Waals surface area contributed by atoms with Crippen LogP contribution in [0.2, 0.25) is 5.02 Å². The number of nitrogens with one attached hydrogen (secondary N) is 1. The van der Waals surface area contributed by atoms with Crippen LogP contribution in [0.25, 0.3) is 6.08 Å². The second kappa shape index (κ2) is 9.32. The predicted octanol–water partition coefficient (Wildman–Crippen LogP) is 4.14. The number of hydrogen-bond acceptors (Lipinski definition) is 3. The maximum Gasteiger partial charge on any atom is 0.277 e. The number of nitrogens with zero attached hydrogens (tertiary/aromatic N) is 1. The highest BCUT2D eigenvalue weighted by Gasteiger charge is 2.05. The summed E-state index contributed by atoms with van der Waals surface area (Å²) in [6.07, 6.45) is 5.15. The molecule has 4 nitrogen and oxygen atoms in total. The van der Waals surface area contributed by atoms with Crippen molar-refractivity contribution in [3.8, 4) is 5.75 Å². The van der Waals surface area contributed by atoms with Crippen molar-refractivity contribution < 1.29 is 9.53 Å². The van der Waals surface area contributed by atoms with Crippen LogP contribution in [-0.4, -0.2) is 18.7 Å². The first kappa shape index (κ1) is 17.5. The number of hydrazone groups is 1. The van der Waals surface area contributed by atoms with Gasteiger partial charge < -0.3 is 4.74 Å². The van der Waals surface area contributed by atoms with Gasteiger partial charge in [0.05, 0.1) is 3.57 Å². The van der Waals surface area contributed by atoms with Gasteiger partial charge in [-0.3, -0.25) is 4.79 Å². The number of allylic oxidation sites excluding steroid dienone is 1. The average Bonchev–Trinajstić information content (AvgIpc) is 2.54. The normalized spacial score (nSPS) is 11.0. The molecule has 6 heteroatoms. The molecule has 0 aliphatic rings. The van der Waals surface area contributed by atoms with Crippen LogP contribution in [0.3, 0.4) is 0 Å². The van der Waals surface area contributed by atoms with Gasteiger partial charge in [0.1, 0.15) is 5.75 Å². The van der Waals surface area contributed by atoms with E-state index in [1.165, 1.54) is 6.21 Å². The minimum absolute atomic E-state index is 0.114. The minimum Gasteiger partial charge on any atom is -0.483 e. The molecule has 118 valence electrons. The molecule has 0 saturated heterocycles. The Morgan fingerprint density at radius 1 is 1.26 bits per heavy atom. The molecule has 0 aliphatic heterocycles. The second-order valence-electron chi connectivity index (χ2n) is 4.45. The van der Waals surface area contributed by atoms with E-state index in [1.807, 2.05) is 36.4 Å². The predicted molar refractivity (Wildman–Crippen MR) is 102 cm³/mol. The lowest BCUT2D eigenvalue weighted by Gasteiger charge is -2.07. The Balaban J connectivity index is 1.74. The van der Waals surface area contributed by atoms with Gasteiger partial charge in [-0.1, -0.05) is 48.0 Å². The van der Waals surface area contributed by atoms with E-state index < -0.39 is 0 Å². The summed E-state index contributed by atoms with van der Waals surface area (Å²) in [5, 5.41) is 4.45. The standard InChI is InChI=1S/C17H14ClIN2O2/c18-14-8-9-16(15(19)11-14)23-12-17(22)21-20-10-4-7-13-5-2-1-3-6-13/h1-11H,12H2,(H,21,22)/b7-4+,20-10+. The number of hydrogen-bond donors (Lipinski definition) is 1. The van der Waals surface area contributed by atoms with Crippen molar-refractivity contribution in [2.45, 2.75) is 0 Å². The topological polar surface area (TPSA) is 50.7 Å². The van der Waals surface area contributed by atoms with Crippen LogP contribution in [-0.2, 0) is 4.79 Å². The monoisotopic (exact) mass is 440 g/mol. The smallest absolute Gasteiger partial charge is 0.277 e. The maximum atomic E-state index is 11.6. The fraction of sp³-hybridized carbons (Fsp3) is 0.0588. The Bertz CT molecular complexity index is 718. The Kier molecular flexibility index (Phi) is 7.09. The van der Waals surface area contributed by atoms with Gasteiger partial charge in [-0.25, -0.2) is 5.43 Å². The second-order valence-corrected chi connectivity index (χ2v) is 6.04. The third-order valence-electron chi connectivity index (χ3n) is 2.69. The molecule has 0 unspecified atom stereocenters. The summed E-state index contributed by atoms with van der Waals surface area (Å²) in [5.41, 5.74) is 3.46. The first-order valence-electron chi connectivity index (χ1n) is 6.76. The Labute approximate surface area is 153 Å². The van der Waals surface area contributed by atoms with Gasteiger partial charge in [0, 0.05) is 11.2 Å². The van der Waals surface area contributed by atoms with Gasteiger partial charge >= 0.3 is 0 Å². The molecule has 0 fully saturated rings. The molecule has 1 N–H and O–H groups in total. The van der Waals surface area contributed by atoms with E-state index in [1.54, 1.807) is 24.3 Å². The van der Waals surface area contributed by atoms with Gasteiger partial charge in [0.25, 0.3) is 5.91 Å². The summed E-state index contributed by atoms with van der Waals surface area (Å²) in [6.45, 7) is -0.114. The lowest BCUT2D eigenvalue weighted by molar-refractivity contribution is -0.123. The molecule has 23 heavy (non-hydrogen) atoms. The molecule has 0 heterocycles. The molecule has 0 radical (unpaired) electrons. The van der Waals surface area contributed by atoms with E-state index in [0.29, 0.717) is 10.8 Å². The zero-order valence-corrected chi connectivity index (χ0v) is 15.0. The van der Waals surface area contributed by atoms with Crippen molar-refractivity contribution in [3.63, 3.8) is 0 Å². The number of benzene rings is 2. The average molecular weight is 441 g/mol. The van der Waals surface area contributed by atoms with Crippen LogP contribution >= 0.6 is 34.2 Å². The first-order valence-corrected chi connectivity index (χ1v) is 8.22. The Morgan fingerprint density at radius 3 is 2.78 bits per heavy atom. The number of halogens is 2. The third kappa shape index (κ3) is 6.42. The number of carbonyl (C=O) groups excluding carboxylic acids is 1. The molecule has 0 bridgehead atoms. The van der Waals surface area contributed by atoms with Crippen molar-refractivity contribution in [2.75, 3.05) is 6.61 Å². The maximum absolute atomic E-state index is 11.6. The highest BCUT2D eigenvalue weighted by Crippen LogP contribution is 2.24. The van der Waals surface area contributed by atoms with E-state index in [0.717, 1.165) is 9.13 Å². The summed E-state index contributed by atoms with van der Waals surface area (Å²) in [5.74, 6) is 0.276. The number of rotatable bonds is 6. The minimum atomic E-state index is -0.333. The highest BCUT2D eigenvalue weighted by molar-refractivity contribution is 14.1. The van der Waals surface area contributed by atoms with Crippen LogP contribution in [0.4, 0.5) is 0 Å². The molecule has 2 aromatic carbocycles. The lowest BCUT2D eigenvalue weighted by Crippen LogP contribution is -2.24. The van der Waals surface area contributed by atoms with Gasteiger partial charge in [0.15, 0.2) is 6.61 Å². The molecule has 0 atom stereocenters. The summed E-state index contributed by atoms with van der Waals surface area (Å²) in [7, 11) is 0. The van der Waals surface area contributed by atoms with E-state index in [2.05, 4.69) is 33.1 Å². The molecular formula is C17H14ClIN2O2. The molecule has 2 rings (SSSR count). The Hall–Kier alpha value is -1.86. The van der Waals surface area contributed by atoms with E-state index >= 15 is 0 Å². The fourth-order valence-corrected chi connectivity index (χ4v) is 2.67. The largest absolute Gasteiger partial charge is 0.483 e. The Morgan fingerprint density at radius 2 is 2.04 bits per heavy atom. The van der Waals surface area contributed by atoms with Crippen molar-refractivity contribution in [2.24, 2.45) is 5.10 Å². The van der Waals surface area contributed by atoms with Crippen LogP contribution in [0.15, 0.2) is 59.7 Å². The molecule has 0 aromatic heterocycles. The number of carbonyl (C=O) groups is 1. The zero-order valence-electron chi connectivity index (χ0n) is 12.1. The van der Waals surface area contributed by atoms with Gasteiger partial charge in [-0.15, -0.1) is 0 Å². The van der Waals surface area contributed by atoms with Gasteiger partial charge in [-0.2, -0.15) is 5.10 Å². The molecule has 2 aromatic rings. The number of amides is 1. The van der Waals surface area contributed by atoms with Crippen molar-refractivity contribution in [1.29, 1.82) is 0 Å². The molecule has 0 aliphatic carbocycles. The van der Waals surface area contributed by atoms with Crippen molar-refractivity contribution in [1.82, 2.24) is 5.43 Å². The summed E-state index contributed by atoms with van der Waals surface area (Å²) in [4.78, 5) is 11.6. The van der Waals surface area contributed by atoms with Crippen LogP contribution in [0, 0.1) is 3.57 Å². The molecule has 0 saturated carbocycles. The van der Waals surface area contributed by atoms with Gasteiger partial charge in [0.2, 0.25) is 0 Å². The van der Waals surface area contributed by atoms with E-state index in [-0.39, 0.29) is 12.5 Å². The zero-order chi connectivity index (χ0) is 16.5. The number of ether oxygens (including phenoxy) is 1. The van der Waals surface area contributed by atoms with Crippen LogP contribution < -0.4 is 10.2 Å². The SMILES string of the molecule is O=C(COc1ccc(Cl)cc1I)N/N=C/C=C/c1ccccc1. The summed E-state index contributed by atoms with van der Waals surface area (Å²) in [6, 6.07) is 15.0. The van der Waals surface area contributed by atoms with Crippen molar-refractivity contribution >= 4 is 52.4 Å². The van der Waals surface area contributed by atoms with E-state index in [4.69, 9.17) is 16.3 Å². The fourth-order valence-electron chi connectivity index (χ4n) is 1.64. The quantitative estimate of drug-likeness (QED) is 0.417. The lowest BCUT2D eigenvalue weighted by atomic mass is 10.2. The van der Waals surface area contributed by atoms with Crippen LogP contribution in [0.1, 0.15) is 5.56 Å². The van der Waals surface area contributed by atoms with E-state index in [9.17, 15) is 4.79 Å². The first-order chi connectivity index (χ1) is 11.1.